The van der Waals surface area contributed by atoms with Crippen molar-refractivity contribution in [3.05, 3.63) is 38.0 Å². The largest absolute Gasteiger partial charge is 0.342 e. The molecule has 0 fully saturated rings. The van der Waals surface area contributed by atoms with Gasteiger partial charge >= 0.3 is 0 Å². The summed E-state index contributed by atoms with van der Waals surface area (Å²) in [6.07, 6.45) is 10.2. The van der Waals surface area contributed by atoms with Gasteiger partial charge in [0, 0.05) is 33.6 Å². The van der Waals surface area contributed by atoms with Crippen molar-refractivity contribution in [2.45, 2.75) is 44.9 Å². The lowest BCUT2D eigenvalue weighted by atomic mass is 9.91. The molecular formula is C21H34N2O3. The smallest absolute Gasteiger partial charge is 0.245 e. The van der Waals surface area contributed by atoms with Crippen LogP contribution < -0.4 is 0 Å². The van der Waals surface area contributed by atoms with Gasteiger partial charge in [-0.15, -0.1) is 0 Å². The number of unbranched alkanes of at least 4 members (excludes halogenated alkanes) is 2. The summed E-state index contributed by atoms with van der Waals surface area (Å²) < 4.78 is 0. The van der Waals surface area contributed by atoms with Crippen molar-refractivity contribution in [2.24, 2.45) is 5.92 Å². The van der Waals surface area contributed by atoms with E-state index >= 15 is 0 Å². The summed E-state index contributed by atoms with van der Waals surface area (Å²) in [5, 5.41) is 0. The van der Waals surface area contributed by atoms with Crippen molar-refractivity contribution < 1.29 is 14.4 Å². The molecule has 0 aromatic carbocycles. The van der Waals surface area contributed by atoms with E-state index in [9.17, 15) is 14.4 Å². The van der Waals surface area contributed by atoms with Crippen molar-refractivity contribution in [3.8, 4) is 0 Å². The van der Waals surface area contributed by atoms with E-state index in [4.69, 9.17) is 0 Å². The zero-order chi connectivity index (χ0) is 19.9. The van der Waals surface area contributed by atoms with Gasteiger partial charge in [-0.2, -0.15) is 0 Å². The molecule has 0 spiro atoms. The third-order valence-corrected chi connectivity index (χ3v) is 4.53. The molecular weight excluding hydrogens is 328 g/mol. The van der Waals surface area contributed by atoms with Gasteiger partial charge in [-0.1, -0.05) is 39.0 Å². The van der Waals surface area contributed by atoms with Gasteiger partial charge in [0.05, 0.1) is 0 Å². The van der Waals surface area contributed by atoms with E-state index in [0.29, 0.717) is 18.9 Å². The highest BCUT2D eigenvalue weighted by molar-refractivity contribution is 5.89. The molecule has 0 aliphatic carbocycles. The Kier molecular flexibility index (Phi) is 12.9. The Morgan fingerprint density at radius 2 is 1.27 bits per heavy atom. The summed E-state index contributed by atoms with van der Waals surface area (Å²) in [6, 6.07) is 0. The number of ketones is 1. The zero-order valence-corrected chi connectivity index (χ0v) is 16.4. The van der Waals surface area contributed by atoms with Crippen molar-refractivity contribution in [1.82, 2.24) is 9.80 Å². The molecule has 0 saturated carbocycles. The van der Waals surface area contributed by atoms with Crippen molar-refractivity contribution >= 4 is 17.6 Å². The molecule has 0 heterocycles. The number of hydrogen-bond acceptors (Lipinski definition) is 3. The lowest BCUT2D eigenvalue weighted by molar-refractivity contribution is -0.125. The minimum absolute atomic E-state index is 0.0577. The molecule has 0 saturated heterocycles. The van der Waals surface area contributed by atoms with Crippen molar-refractivity contribution in [3.63, 3.8) is 0 Å². The molecule has 5 nitrogen and oxygen atoms in total. The SMILES string of the molecule is C=CC(=O)C[C@H](CCCCCN(C)C(=O)C=C)CCCN(C)C(=O)C=C. The maximum Gasteiger partial charge on any atom is 0.245 e. The van der Waals surface area contributed by atoms with Crippen LogP contribution in [0.25, 0.3) is 0 Å². The quantitative estimate of drug-likeness (QED) is 0.331. The third-order valence-electron chi connectivity index (χ3n) is 4.53. The molecule has 0 bridgehead atoms. The summed E-state index contributed by atoms with van der Waals surface area (Å²) in [5.41, 5.74) is 0. The summed E-state index contributed by atoms with van der Waals surface area (Å²) in [7, 11) is 3.53. The average molecular weight is 363 g/mol. The molecule has 2 amide bonds. The Bertz CT molecular complexity index is 499. The molecule has 0 unspecified atom stereocenters. The van der Waals surface area contributed by atoms with Crippen LogP contribution in [0.3, 0.4) is 0 Å². The number of hydrogen-bond donors (Lipinski definition) is 0. The second-order valence-corrected chi connectivity index (χ2v) is 6.66. The Morgan fingerprint density at radius 3 is 1.77 bits per heavy atom. The Labute approximate surface area is 158 Å². The molecule has 0 rings (SSSR count). The number of allylic oxidation sites excluding steroid dienone is 1. The Morgan fingerprint density at radius 1 is 0.769 bits per heavy atom. The molecule has 146 valence electrons. The fraction of sp³-hybridized carbons (Fsp3) is 0.571. The summed E-state index contributed by atoms with van der Waals surface area (Å²) in [6.45, 7) is 11.9. The maximum atomic E-state index is 11.7. The normalized spacial score (nSPS) is 11.3. The lowest BCUT2D eigenvalue weighted by Gasteiger charge is -2.19. The van der Waals surface area contributed by atoms with Crippen LogP contribution in [0.2, 0.25) is 0 Å². The summed E-state index contributed by atoms with van der Waals surface area (Å²) >= 11 is 0. The first-order valence-corrected chi connectivity index (χ1v) is 9.26. The fourth-order valence-electron chi connectivity index (χ4n) is 2.82. The van der Waals surface area contributed by atoms with Crippen LogP contribution >= 0.6 is 0 Å². The van der Waals surface area contributed by atoms with Crippen LogP contribution in [0.5, 0.6) is 0 Å². The molecule has 5 heteroatoms. The van der Waals surface area contributed by atoms with E-state index in [0.717, 1.165) is 45.1 Å². The summed E-state index contributed by atoms with van der Waals surface area (Å²) in [5.74, 6) is 0.238. The van der Waals surface area contributed by atoms with Gasteiger partial charge in [0.2, 0.25) is 11.8 Å². The van der Waals surface area contributed by atoms with Crippen LogP contribution in [0.4, 0.5) is 0 Å². The first-order chi connectivity index (χ1) is 12.3. The van der Waals surface area contributed by atoms with Crippen LogP contribution in [0.1, 0.15) is 44.9 Å². The first kappa shape index (κ1) is 23.8. The number of likely N-dealkylation sites (N-methyl/N-ethyl adjacent to an activating group) is 2. The molecule has 0 aliphatic heterocycles. The van der Waals surface area contributed by atoms with E-state index in [-0.39, 0.29) is 17.6 Å². The van der Waals surface area contributed by atoms with Crippen LogP contribution in [-0.2, 0) is 14.4 Å². The zero-order valence-electron chi connectivity index (χ0n) is 16.4. The molecule has 0 aliphatic rings. The Hall–Kier alpha value is -2.17. The topological polar surface area (TPSA) is 57.7 Å². The maximum absolute atomic E-state index is 11.7. The van der Waals surface area contributed by atoms with Gasteiger partial charge in [-0.25, -0.2) is 0 Å². The van der Waals surface area contributed by atoms with Gasteiger partial charge in [0.15, 0.2) is 5.78 Å². The highest BCUT2D eigenvalue weighted by Crippen LogP contribution is 2.20. The van der Waals surface area contributed by atoms with Gasteiger partial charge < -0.3 is 9.80 Å². The molecule has 0 aromatic rings. The van der Waals surface area contributed by atoms with Gasteiger partial charge in [-0.3, -0.25) is 14.4 Å². The van der Waals surface area contributed by atoms with Gasteiger partial charge in [0.25, 0.3) is 0 Å². The van der Waals surface area contributed by atoms with Gasteiger partial charge in [-0.05, 0) is 43.4 Å². The second kappa shape index (κ2) is 14.0. The number of carbonyl (C=O) groups excluding carboxylic acids is 3. The molecule has 0 radical (unpaired) electrons. The van der Waals surface area contributed by atoms with Crippen LogP contribution in [0, 0.1) is 5.92 Å². The number of rotatable bonds is 15. The summed E-state index contributed by atoms with van der Waals surface area (Å²) in [4.78, 5) is 37.9. The predicted molar refractivity (Wildman–Crippen MR) is 107 cm³/mol. The minimum atomic E-state index is -0.0816. The third kappa shape index (κ3) is 10.6. The number of nitrogens with zero attached hydrogens (tertiary/aromatic N) is 2. The first-order valence-electron chi connectivity index (χ1n) is 9.26. The van der Waals surface area contributed by atoms with Crippen LogP contribution in [-0.4, -0.2) is 54.6 Å². The van der Waals surface area contributed by atoms with E-state index in [1.54, 1.807) is 23.9 Å². The number of amides is 2. The van der Waals surface area contributed by atoms with Crippen molar-refractivity contribution in [2.75, 3.05) is 27.2 Å². The highest BCUT2D eigenvalue weighted by Gasteiger charge is 2.13. The monoisotopic (exact) mass is 362 g/mol. The van der Waals surface area contributed by atoms with E-state index < -0.39 is 0 Å². The minimum Gasteiger partial charge on any atom is -0.342 e. The average Bonchev–Trinajstić information content (AvgIpc) is 2.65. The van der Waals surface area contributed by atoms with Crippen molar-refractivity contribution in [1.29, 1.82) is 0 Å². The number of carbonyl (C=O) groups is 3. The lowest BCUT2D eigenvalue weighted by Crippen LogP contribution is -2.26. The fourth-order valence-corrected chi connectivity index (χ4v) is 2.82. The molecule has 1 atom stereocenters. The highest BCUT2D eigenvalue weighted by atomic mass is 16.2. The predicted octanol–water partition coefficient (Wildman–Crippen LogP) is 3.38. The van der Waals surface area contributed by atoms with Gasteiger partial charge in [0.1, 0.15) is 0 Å². The van der Waals surface area contributed by atoms with E-state index in [2.05, 4.69) is 19.7 Å². The van der Waals surface area contributed by atoms with Crippen LogP contribution in [0.15, 0.2) is 38.0 Å². The molecule has 0 aromatic heterocycles. The van der Waals surface area contributed by atoms with E-state index in [1.165, 1.54) is 18.2 Å². The molecule has 26 heavy (non-hydrogen) atoms. The Balaban J connectivity index is 4.22. The van der Waals surface area contributed by atoms with E-state index in [1.807, 2.05) is 0 Å². The second-order valence-electron chi connectivity index (χ2n) is 6.66. The standard InChI is InChI=1S/C21H34N2O3/c1-6-19(24)17-18(14-12-16-23(5)21(26)8-3)13-10-9-11-15-22(4)20(25)7-2/h6-8,18H,1-3,9-17H2,4-5H3/t18-/m1/s1. The molecule has 0 N–H and O–H groups in total.